The summed E-state index contributed by atoms with van der Waals surface area (Å²) in [4.78, 5) is 14.0. The normalized spacial score (nSPS) is 16.0. The number of anilines is 1. The molecule has 1 heterocycles. The summed E-state index contributed by atoms with van der Waals surface area (Å²) in [5.74, 6) is 0.612. The first-order valence-corrected chi connectivity index (χ1v) is 7.16. The van der Waals surface area contributed by atoms with Crippen molar-refractivity contribution in [1.82, 2.24) is 5.32 Å². The van der Waals surface area contributed by atoms with E-state index in [1.165, 1.54) is 4.90 Å². The number of rotatable bonds is 3. The second-order valence-electron chi connectivity index (χ2n) is 4.74. The Balaban J connectivity index is 1.88. The Morgan fingerprint density at radius 3 is 2.41 bits per heavy atom. The van der Waals surface area contributed by atoms with Crippen LogP contribution in [0.5, 0.6) is 5.75 Å². The van der Waals surface area contributed by atoms with Gasteiger partial charge in [-0.3, -0.25) is 9.69 Å². The van der Waals surface area contributed by atoms with Crippen LogP contribution in [0.25, 0.3) is 6.08 Å². The van der Waals surface area contributed by atoms with Crippen molar-refractivity contribution >= 4 is 35.0 Å². The number of ether oxygens (including phenoxy) is 1. The molecule has 0 atom stereocenters. The number of nitrogens with zero attached hydrogens (tertiary/aromatic N) is 1. The molecule has 0 bridgehead atoms. The molecule has 4 nitrogen and oxygen atoms in total. The quantitative estimate of drug-likeness (QED) is 0.699. The Morgan fingerprint density at radius 1 is 1.09 bits per heavy atom. The van der Waals surface area contributed by atoms with E-state index in [4.69, 9.17) is 17.0 Å². The topological polar surface area (TPSA) is 41.6 Å². The van der Waals surface area contributed by atoms with E-state index in [-0.39, 0.29) is 5.91 Å². The molecule has 1 saturated heterocycles. The minimum atomic E-state index is -0.160. The molecule has 2 aromatic rings. The van der Waals surface area contributed by atoms with Crippen LogP contribution in [0.1, 0.15) is 5.56 Å². The van der Waals surface area contributed by atoms with Gasteiger partial charge in [0, 0.05) is 0 Å². The molecule has 22 heavy (non-hydrogen) atoms. The molecule has 3 rings (SSSR count). The lowest BCUT2D eigenvalue weighted by Crippen LogP contribution is -2.30. The fraction of sp³-hybridized carbons (Fsp3) is 0.0588. The van der Waals surface area contributed by atoms with Crippen LogP contribution in [0.15, 0.2) is 60.3 Å². The third kappa shape index (κ3) is 2.71. The van der Waals surface area contributed by atoms with Crippen molar-refractivity contribution < 1.29 is 9.53 Å². The maximum Gasteiger partial charge on any atom is 0.281 e. The second-order valence-corrected chi connectivity index (χ2v) is 5.12. The summed E-state index contributed by atoms with van der Waals surface area (Å²) in [6.45, 7) is 0. The number of amides is 1. The lowest BCUT2D eigenvalue weighted by Gasteiger charge is -2.13. The standard InChI is InChI=1S/C17H14N2O2S/c1-21-14-9-7-12(8-10-14)11-15-16(20)19(17(22)18-15)13-5-3-2-4-6-13/h2-11H,1H3,(H,18,22). The molecule has 1 N–H and O–H groups in total. The van der Waals surface area contributed by atoms with Crippen LogP contribution in [-0.4, -0.2) is 18.1 Å². The molecular weight excluding hydrogens is 296 g/mol. The highest BCUT2D eigenvalue weighted by Crippen LogP contribution is 2.22. The predicted molar refractivity (Wildman–Crippen MR) is 90.6 cm³/mol. The van der Waals surface area contributed by atoms with Gasteiger partial charge in [-0.05, 0) is 48.1 Å². The first-order valence-electron chi connectivity index (χ1n) is 6.75. The number of para-hydroxylation sites is 1. The summed E-state index contributed by atoms with van der Waals surface area (Å²) < 4.78 is 5.12. The Labute approximate surface area is 134 Å². The van der Waals surface area contributed by atoms with Crippen LogP contribution in [0.2, 0.25) is 0 Å². The monoisotopic (exact) mass is 310 g/mol. The van der Waals surface area contributed by atoms with Crippen LogP contribution in [0.4, 0.5) is 5.69 Å². The highest BCUT2D eigenvalue weighted by molar-refractivity contribution is 7.80. The van der Waals surface area contributed by atoms with Crippen molar-refractivity contribution in [2.24, 2.45) is 0 Å². The number of thiocarbonyl (C=S) groups is 1. The molecule has 1 aliphatic heterocycles. The van der Waals surface area contributed by atoms with Crippen molar-refractivity contribution in [2.45, 2.75) is 0 Å². The molecule has 0 radical (unpaired) electrons. The van der Waals surface area contributed by atoms with Crippen LogP contribution in [0, 0.1) is 0 Å². The number of benzene rings is 2. The molecular formula is C17H14N2O2S. The Kier molecular flexibility index (Phi) is 3.89. The van der Waals surface area contributed by atoms with E-state index in [1.807, 2.05) is 54.6 Å². The molecule has 0 saturated carbocycles. The van der Waals surface area contributed by atoms with Crippen LogP contribution < -0.4 is 15.0 Å². The molecule has 2 aromatic carbocycles. The first kappa shape index (κ1) is 14.3. The maximum absolute atomic E-state index is 12.5. The fourth-order valence-electron chi connectivity index (χ4n) is 2.21. The fourth-order valence-corrected chi connectivity index (χ4v) is 2.51. The van der Waals surface area contributed by atoms with Crippen molar-refractivity contribution in [3.63, 3.8) is 0 Å². The van der Waals surface area contributed by atoms with Gasteiger partial charge >= 0.3 is 0 Å². The summed E-state index contributed by atoms with van der Waals surface area (Å²) in [5.41, 5.74) is 2.11. The Hall–Kier alpha value is -2.66. The zero-order valence-electron chi connectivity index (χ0n) is 11.9. The molecule has 0 aromatic heterocycles. The molecule has 1 fully saturated rings. The molecule has 1 aliphatic rings. The number of hydrogen-bond donors (Lipinski definition) is 1. The number of carbonyl (C=O) groups excluding carboxylic acids is 1. The van der Waals surface area contributed by atoms with Crippen LogP contribution in [-0.2, 0) is 4.79 Å². The van der Waals surface area contributed by atoms with Gasteiger partial charge < -0.3 is 10.1 Å². The van der Waals surface area contributed by atoms with Crippen molar-refractivity contribution in [2.75, 3.05) is 12.0 Å². The van der Waals surface area contributed by atoms with Gasteiger partial charge in [-0.15, -0.1) is 0 Å². The van der Waals surface area contributed by atoms with E-state index in [2.05, 4.69) is 5.32 Å². The number of methoxy groups -OCH3 is 1. The molecule has 0 aliphatic carbocycles. The molecule has 5 heteroatoms. The van der Waals surface area contributed by atoms with Gasteiger partial charge in [-0.2, -0.15) is 0 Å². The largest absolute Gasteiger partial charge is 0.497 e. The van der Waals surface area contributed by atoms with E-state index in [1.54, 1.807) is 13.2 Å². The van der Waals surface area contributed by atoms with Gasteiger partial charge in [0.25, 0.3) is 5.91 Å². The second kappa shape index (κ2) is 5.99. The summed E-state index contributed by atoms with van der Waals surface area (Å²) in [6, 6.07) is 16.8. The van der Waals surface area contributed by atoms with Gasteiger partial charge in [0.15, 0.2) is 5.11 Å². The number of carbonyl (C=O) groups is 1. The molecule has 110 valence electrons. The molecule has 0 spiro atoms. The highest BCUT2D eigenvalue weighted by Gasteiger charge is 2.31. The smallest absolute Gasteiger partial charge is 0.281 e. The van der Waals surface area contributed by atoms with Gasteiger partial charge in [-0.1, -0.05) is 30.3 Å². The Bertz CT molecular complexity index is 739. The lowest BCUT2D eigenvalue weighted by atomic mass is 10.2. The minimum Gasteiger partial charge on any atom is -0.497 e. The highest BCUT2D eigenvalue weighted by atomic mass is 32.1. The predicted octanol–water partition coefficient (Wildman–Crippen LogP) is 2.96. The SMILES string of the molecule is COc1ccc(C=C2NC(=S)N(c3ccccc3)C2=O)cc1. The van der Waals surface area contributed by atoms with E-state index in [0.717, 1.165) is 17.0 Å². The summed E-state index contributed by atoms with van der Waals surface area (Å²) in [7, 11) is 1.62. The molecule has 1 amide bonds. The third-order valence-corrected chi connectivity index (χ3v) is 3.60. The summed E-state index contributed by atoms with van der Waals surface area (Å²) in [6.07, 6.45) is 1.77. The lowest BCUT2D eigenvalue weighted by molar-refractivity contribution is -0.113. The third-order valence-electron chi connectivity index (χ3n) is 3.32. The number of nitrogens with one attached hydrogen (secondary N) is 1. The van der Waals surface area contributed by atoms with Crippen molar-refractivity contribution in [1.29, 1.82) is 0 Å². The van der Waals surface area contributed by atoms with Crippen LogP contribution >= 0.6 is 12.2 Å². The summed E-state index contributed by atoms with van der Waals surface area (Å²) >= 11 is 5.27. The average molecular weight is 310 g/mol. The minimum absolute atomic E-state index is 0.160. The van der Waals surface area contributed by atoms with Gasteiger partial charge in [0.1, 0.15) is 11.4 Å². The van der Waals surface area contributed by atoms with Gasteiger partial charge in [0.2, 0.25) is 0 Å². The van der Waals surface area contributed by atoms with Crippen molar-refractivity contribution in [3.8, 4) is 5.75 Å². The van der Waals surface area contributed by atoms with E-state index in [0.29, 0.717) is 10.8 Å². The van der Waals surface area contributed by atoms with Gasteiger partial charge in [0.05, 0.1) is 12.8 Å². The first-order chi connectivity index (χ1) is 10.7. The molecule has 0 unspecified atom stereocenters. The van der Waals surface area contributed by atoms with E-state index < -0.39 is 0 Å². The van der Waals surface area contributed by atoms with E-state index in [9.17, 15) is 4.79 Å². The number of hydrogen-bond acceptors (Lipinski definition) is 3. The zero-order valence-corrected chi connectivity index (χ0v) is 12.8. The Morgan fingerprint density at radius 2 is 1.77 bits per heavy atom. The van der Waals surface area contributed by atoms with E-state index >= 15 is 0 Å². The van der Waals surface area contributed by atoms with Crippen molar-refractivity contribution in [3.05, 3.63) is 65.9 Å². The zero-order chi connectivity index (χ0) is 15.5. The summed E-state index contributed by atoms with van der Waals surface area (Å²) in [5, 5.41) is 3.35. The average Bonchev–Trinajstić information content (AvgIpc) is 2.83. The van der Waals surface area contributed by atoms with Crippen LogP contribution in [0.3, 0.4) is 0 Å². The maximum atomic E-state index is 12.5. The van der Waals surface area contributed by atoms with Gasteiger partial charge in [-0.25, -0.2) is 0 Å².